The number of phenols is 2. The number of nitrogens with zero attached hydrogens (tertiary/aromatic N) is 1. The molecule has 1 aliphatic carbocycles. The molecule has 0 amide bonds. The first-order valence-corrected chi connectivity index (χ1v) is 13.1. The Kier molecular flexibility index (Phi) is 7.42. The van der Waals surface area contributed by atoms with E-state index in [2.05, 4.69) is 0 Å². The summed E-state index contributed by atoms with van der Waals surface area (Å²) in [6.45, 7) is 0.614. The van der Waals surface area contributed by atoms with Crippen molar-refractivity contribution in [1.82, 2.24) is 4.90 Å². The van der Waals surface area contributed by atoms with Crippen molar-refractivity contribution in [1.29, 1.82) is 0 Å². The van der Waals surface area contributed by atoms with Crippen molar-refractivity contribution < 1.29 is 20.4 Å². The summed E-state index contributed by atoms with van der Waals surface area (Å²) in [5.41, 5.74) is 6.34. The fraction of sp³-hybridized carbons (Fsp3) is 0.355. The monoisotopic (exact) mass is 485 g/mol. The fourth-order valence-electron chi connectivity index (χ4n) is 5.93. The highest BCUT2D eigenvalue weighted by Gasteiger charge is 2.35. The Hall–Kier alpha value is -3.12. The maximum absolute atomic E-state index is 10.7. The van der Waals surface area contributed by atoms with Crippen molar-refractivity contribution in [3.8, 4) is 11.5 Å². The molecule has 1 heterocycles. The zero-order valence-electron chi connectivity index (χ0n) is 20.6. The fourth-order valence-corrected chi connectivity index (χ4v) is 5.93. The predicted molar refractivity (Wildman–Crippen MR) is 141 cm³/mol. The first-order chi connectivity index (χ1) is 17.5. The highest BCUT2D eigenvalue weighted by atomic mass is 16.3. The second-order valence-electron chi connectivity index (χ2n) is 10.0. The maximum Gasteiger partial charge on any atom is 0.136 e. The van der Waals surface area contributed by atoms with E-state index in [0.29, 0.717) is 12.5 Å². The van der Waals surface area contributed by atoms with E-state index >= 15 is 0 Å². The molecule has 3 aromatic rings. The number of hydrogen-bond donors (Lipinski definition) is 4. The largest absolute Gasteiger partial charge is 0.508 e. The van der Waals surface area contributed by atoms with Crippen molar-refractivity contribution in [2.24, 2.45) is 5.92 Å². The molecule has 4 N–H and O–H groups in total. The molecule has 1 fully saturated rings. The van der Waals surface area contributed by atoms with Crippen LogP contribution in [0, 0.1) is 5.92 Å². The van der Waals surface area contributed by atoms with Crippen LogP contribution in [0.5, 0.6) is 11.5 Å². The van der Waals surface area contributed by atoms with Crippen LogP contribution < -0.4 is 0 Å². The molecular weight excluding hydrogens is 450 g/mol. The summed E-state index contributed by atoms with van der Waals surface area (Å²) in [4.78, 5) is 1.77. The van der Waals surface area contributed by atoms with Crippen LogP contribution in [0.3, 0.4) is 0 Å². The number of aliphatic hydroxyl groups excluding tert-OH is 2. The third-order valence-electron chi connectivity index (χ3n) is 7.77. The Morgan fingerprint density at radius 3 is 1.69 bits per heavy atom. The summed E-state index contributed by atoms with van der Waals surface area (Å²) >= 11 is 0. The van der Waals surface area contributed by atoms with Gasteiger partial charge in [-0.05, 0) is 79.0 Å². The molecule has 2 atom stereocenters. The molecule has 0 radical (unpaired) electrons. The van der Waals surface area contributed by atoms with E-state index in [1.807, 2.05) is 48.5 Å². The van der Waals surface area contributed by atoms with E-state index in [-0.39, 0.29) is 11.5 Å². The van der Waals surface area contributed by atoms with Gasteiger partial charge in [-0.25, -0.2) is 4.90 Å². The minimum absolute atomic E-state index is 0.245. The number of aliphatic hydroxyl groups is 2. The van der Waals surface area contributed by atoms with Crippen molar-refractivity contribution in [2.45, 2.75) is 57.4 Å². The van der Waals surface area contributed by atoms with Crippen LogP contribution >= 0.6 is 0 Å². The summed E-state index contributed by atoms with van der Waals surface area (Å²) < 4.78 is 0. The minimum Gasteiger partial charge on any atom is -0.508 e. The lowest BCUT2D eigenvalue weighted by Crippen LogP contribution is -2.27. The number of phenolic OH excluding ortho intramolecular Hbond substituents is 2. The number of aromatic hydroxyl groups is 2. The van der Waals surface area contributed by atoms with Crippen LogP contribution in [0.25, 0.3) is 5.57 Å². The molecule has 3 aromatic carbocycles. The smallest absolute Gasteiger partial charge is 0.136 e. The molecule has 36 heavy (non-hydrogen) atoms. The Labute approximate surface area is 213 Å². The van der Waals surface area contributed by atoms with Crippen LogP contribution in [-0.4, -0.2) is 31.9 Å². The van der Waals surface area contributed by atoms with Gasteiger partial charge in [0.25, 0.3) is 0 Å². The summed E-state index contributed by atoms with van der Waals surface area (Å²) in [6.07, 6.45) is 6.00. The van der Waals surface area contributed by atoms with Gasteiger partial charge >= 0.3 is 0 Å². The van der Waals surface area contributed by atoms with E-state index < -0.39 is 12.5 Å². The van der Waals surface area contributed by atoms with Gasteiger partial charge in [0.1, 0.15) is 24.0 Å². The average Bonchev–Trinajstić information content (AvgIpc) is 3.51. The third-order valence-corrected chi connectivity index (χ3v) is 7.77. The Balaban J connectivity index is 1.39. The summed E-state index contributed by atoms with van der Waals surface area (Å²) in [5.74, 6) is 1.000. The van der Waals surface area contributed by atoms with Crippen LogP contribution in [0.4, 0.5) is 0 Å². The maximum atomic E-state index is 10.7. The van der Waals surface area contributed by atoms with Gasteiger partial charge in [0, 0.05) is 17.7 Å². The third kappa shape index (κ3) is 5.05. The quantitative estimate of drug-likeness (QED) is 0.283. The zero-order valence-corrected chi connectivity index (χ0v) is 20.6. The summed E-state index contributed by atoms with van der Waals surface area (Å²) in [5, 5.41) is 41.2. The minimum atomic E-state index is -0.773. The highest BCUT2D eigenvalue weighted by Crippen LogP contribution is 2.42. The van der Waals surface area contributed by atoms with Crippen molar-refractivity contribution in [3.63, 3.8) is 0 Å². The molecule has 0 aromatic heterocycles. The van der Waals surface area contributed by atoms with Crippen LogP contribution in [0.2, 0.25) is 0 Å². The standard InChI is InChI=1S/C31H35NO4/c33-24-16-12-22(13-17-24)29(23-14-18-25(34)19-15-23)26(21-7-1-2-8-21)9-5-6-20-32-30(35)27-10-3-4-11-28(27)31(32)36/h3-4,10-19,21,30-31,33-36H,1-2,5-9,20H2. The molecule has 0 spiro atoms. The van der Waals surface area contributed by atoms with Crippen LogP contribution in [0.1, 0.15) is 79.7 Å². The Morgan fingerprint density at radius 2 is 1.19 bits per heavy atom. The highest BCUT2D eigenvalue weighted by molar-refractivity contribution is 5.83. The van der Waals surface area contributed by atoms with Gasteiger partial charge in [-0.3, -0.25) is 0 Å². The molecule has 2 unspecified atom stereocenters. The number of unbranched alkanes of at least 4 members (excludes halogenated alkanes) is 1. The Bertz CT molecular complexity index is 1120. The molecule has 2 aliphatic rings. The van der Waals surface area contributed by atoms with E-state index in [1.54, 1.807) is 29.2 Å². The van der Waals surface area contributed by atoms with Gasteiger partial charge in [-0.1, -0.05) is 66.9 Å². The van der Waals surface area contributed by atoms with E-state index in [4.69, 9.17) is 0 Å². The first-order valence-electron chi connectivity index (χ1n) is 13.1. The number of fused-ring (bicyclic) bond motifs is 1. The van der Waals surface area contributed by atoms with E-state index in [9.17, 15) is 20.4 Å². The molecule has 5 rings (SSSR count). The molecule has 188 valence electrons. The number of allylic oxidation sites excluding steroid dienone is 1. The SMILES string of the molecule is Oc1ccc(C(=C(CCCCN2C(O)c3ccccc3C2O)C2CCCC2)c2ccc(O)cc2)cc1. The number of benzene rings is 3. The molecule has 1 saturated carbocycles. The van der Waals surface area contributed by atoms with Crippen molar-refractivity contribution in [2.75, 3.05) is 6.54 Å². The van der Waals surface area contributed by atoms with Crippen molar-refractivity contribution in [3.05, 3.63) is 101 Å². The predicted octanol–water partition coefficient (Wildman–Crippen LogP) is 6.26. The molecule has 0 bridgehead atoms. The average molecular weight is 486 g/mol. The van der Waals surface area contributed by atoms with Gasteiger partial charge in [-0.2, -0.15) is 0 Å². The summed E-state index contributed by atoms with van der Waals surface area (Å²) in [6, 6.07) is 22.4. The first kappa shape index (κ1) is 24.6. The van der Waals surface area contributed by atoms with E-state index in [0.717, 1.165) is 41.5 Å². The normalized spacial score (nSPS) is 19.9. The molecule has 5 nitrogen and oxygen atoms in total. The number of hydrogen-bond acceptors (Lipinski definition) is 5. The van der Waals surface area contributed by atoms with Crippen molar-refractivity contribution >= 4 is 5.57 Å². The number of rotatable bonds is 8. The Morgan fingerprint density at radius 1 is 0.694 bits per heavy atom. The second-order valence-corrected chi connectivity index (χ2v) is 10.0. The van der Waals surface area contributed by atoms with Gasteiger partial charge < -0.3 is 20.4 Å². The molecule has 5 heteroatoms. The van der Waals surface area contributed by atoms with Crippen LogP contribution in [-0.2, 0) is 0 Å². The lowest BCUT2D eigenvalue weighted by atomic mass is 9.83. The lowest BCUT2D eigenvalue weighted by molar-refractivity contribution is -0.0847. The van der Waals surface area contributed by atoms with Gasteiger partial charge in [0.15, 0.2) is 0 Å². The zero-order chi connectivity index (χ0) is 25.1. The molecular formula is C31H35NO4. The van der Waals surface area contributed by atoms with E-state index in [1.165, 1.54) is 36.8 Å². The summed E-state index contributed by atoms with van der Waals surface area (Å²) in [7, 11) is 0. The molecule has 1 aliphatic heterocycles. The van der Waals surface area contributed by atoms with Crippen LogP contribution in [0.15, 0.2) is 78.4 Å². The van der Waals surface area contributed by atoms with Gasteiger partial charge in [0.2, 0.25) is 0 Å². The molecule has 0 saturated heterocycles. The second kappa shape index (κ2) is 10.9. The van der Waals surface area contributed by atoms with Gasteiger partial charge in [-0.15, -0.1) is 0 Å². The van der Waals surface area contributed by atoms with Gasteiger partial charge in [0.05, 0.1) is 0 Å². The lowest BCUT2D eigenvalue weighted by Gasteiger charge is -2.25. The topological polar surface area (TPSA) is 84.2 Å².